The van der Waals surface area contributed by atoms with E-state index in [9.17, 15) is 0 Å². The molecule has 0 aliphatic heterocycles. The Morgan fingerprint density at radius 1 is 1.29 bits per heavy atom. The molecule has 0 spiro atoms. The maximum Gasteiger partial charge on any atom is 0.0866 e. The Kier molecular flexibility index (Phi) is 2.42. The fourth-order valence-electron chi connectivity index (χ4n) is 2.23. The summed E-state index contributed by atoms with van der Waals surface area (Å²) in [6, 6.07) is 8.58. The number of allylic oxidation sites excluding steroid dienone is 1. The second-order valence-corrected chi connectivity index (χ2v) is 4.00. The van der Waals surface area contributed by atoms with Crippen LogP contribution in [0.15, 0.2) is 29.8 Å². The average molecular weight is 188 g/mol. The van der Waals surface area contributed by atoms with Crippen molar-refractivity contribution in [1.82, 2.24) is 0 Å². The number of fused-ring (bicyclic) bond motifs is 1. The molecule has 1 nitrogen and oxygen atoms in total. The lowest BCUT2D eigenvalue weighted by atomic mass is 10.0. The molecule has 0 N–H and O–H groups in total. The molecule has 1 aromatic carbocycles. The maximum absolute atomic E-state index is 5.51. The van der Waals surface area contributed by atoms with Crippen LogP contribution in [0.25, 0.3) is 5.57 Å². The molecule has 2 rings (SSSR count). The highest BCUT2D eigenvalue weighted by molar-refractivity contribution is 5.77. The summed E-state index contributed by atoms with van der Waals surface area (Å²) in [5.41, 5.74) is 5.53. The molecule has 74 valence electrons. The molecule has 0 heterocycles. The Hall–Kier alpha value is -1.08. The van der Waals surface area contributed by atoms with Crippen molar-refractivity contribution in [2.45, 2.75) is 26.4 Å². The zero-order valence-electron chi connectivity index (χ0n) is 9.00. The van der Waals surface area contributed by atoms with E-state index in [-0.39, 0.29) is 6.10 Å². The molecule has 1 aromatic rings. The fourth-order valence-corrected chi connectivity index (χ4v) is 2.23. The molecule has 0 bridgehead atoms. The monoisotopic (exact) mass is 188 g/mol. The zero-order chi connectivity index (χ0) is 10.1. The van der Waals surface area contributed by atoms with Crippen LogP contribution in [0.2, 0.25) is 0 Å². The Morgan fingerprint density at radius 2 is 2.00 bits per heavy atom. The third-order valence-corrected chi connectivity index (χ3v) is 2.86. The summed E-state index contributed by atoms with van der Waals surface area (Å²) in [5, 5.41) is 0. The van der Waals surface area contributed by atoms with Gasteiger partial charge in [0.2, 0.25) is 0 Å². The van der Waals surface area contributed by atoms with Crippen LogP contribution in [0.5, 0.6) is 0 Å². The predicted molar refractivity (Wildman–Crippen MR) is 59.2 cm³/mol. The maximum atomic E-state index is 5.51. The normalized spacial score (nSPS) is 19.6. The third-order valence-electron chi connectivity index (χ3n) is 2.86. The van der Waals surface area contributed by atoms with Crippen LogP contribution in [0.4, 0.5) is 0 Å². The van der Waals surface area contributed by atoms with Crippen LogP contribution in [-0.2, 0) is 11.2 Å². The van der Waals surface area contributed by atoms with Gasteiger partial charge in [0.15, 0.2) is 0 Å². The Balaban J connectivity index is 2.54. The highest BCUT2D eigenvalue weighted by Crippen LogP contribution is 2.35. The van der Waals surface area contributed by atoms with E-state index in [1.165, 1.54) is 22.3 Å². The summed E-state index contributed by atoms with van der Waals surface area (Å²) < 4.78 is 5.51. The van der Waals surface area contributed by atoms with Gasteiger partial charge in [0.25, 0.3) is 0 Å². The SMILES string of the molecule is COC1Cc2ccccc2C1=C(C)C. The van der Waals surface area contributed by atoms with Gasteiger partial charge < -0.3 is 4.74 Å². The van der Waals surface area contributed by atoms with Gasteiger partial charge in [-0.3, -0.25) is 0 Å². The molecule has 1 heteroatoms. The lowest BCUT2D eigenvalue weighted by Crippen LogP contribution is -2.09. The predicted octanol–water partition coefficient (Wildman–Crippen LogP) is 3.05. The van der Waals surface area contributed by atoms with E-state index in [4.69, 9.17) is 4.74 Å². The number of hydrogen-bond donors (Lipinski definition) is 0. The smallest absolute Gasteiger partial charge is 0.0866 e. The first-order valence-electron chi connectivity index (χ1n) is 5.02. The van der Waals surface area contributed by atoms with Crippen LogP contribution >= 0.6 is 0 Å². The topological polar surface area (TPSA) is 9.23 Å². The molecule has 0 saturated carbocycles. The number of hydrogen-bond acceptors (Lipinski definition) is 1. The van der Waals surface area contributed by atoms with E-state index in [1.807, 2.05) is 0 Å². The first-order chi connectivity index (χ1) is 6.74. The summed E-state index contributed by atoms with van der Waals surface area (Å²) >= 11 is 0. The molecule has 0 aromatic heterocycles. The lowest BCUT2D eigenvalue weighted by molar-refractivity contribution is 0.153. The summed E-state index contributed by atoms with van der Waals surface area (Å²) in [5.74, 6) is 0. The van der Waals surface area contributed by atoms with Crippen molar-refractivity contribution < 1.29 is 4.74 Å². The van der Waals surface area contributed by atoms with Crippen molar-refractivity contribution >= 4 is 5.57 Å². The molecule has 0 fully saturated rings. The fraction of sp³-hybridized carbons (Fsp3) is 0.385. The van der Waals surface area contributed by atoms with E-state index >= 15 is 0 Å². The molecule has 0 saturated heterocycles. The second kappa shape index (κ2) is 3.58. The zero-order valence-corrected chi connectivity index (χ0v) is 9.00. The van der Waals surface area contributed by atoms with Gasteiger partial charge in [0, 0.05) is 13.5 Å². The Morgan fingerprint density at radius 3 is 2.64 bits per heavy atom. The largest absolute Gasteiger partial charge is 0.376 e. The standard InChI is InChI=1S/C13H16O/c1-9(2)13-11-7-5-4-6-10(11)8-12(13)14-3/h4-7,12H,8H2,1-3H3. The van der Waals surface area contributed by atoms with Crippen molar-refractivity contribution in [3.63, 3.8) is 0 Å². The summed E-state index contributed by atoms with van der Waals surface area (Å²) in [6.45, 7) is 4.31. The highest BCUT2D eigenvalue weighted by atomic mass is 16.5. The number of methoxy groups -OCH3 is 1. The van der Waals surface area contributed by atoms with E-state index in [2.05, 4.69) is 38.1 Å². The minimum atomic E-state index is 0.261. The minimum Gasteiger partial charge on any atom is -0.376 e. The van der Waals surface area contributed by atoms with Gasteiger partial charge in [-0.05, 0) is 30.5 Å². The molecular weight excluding hydrogens is 172 g/mol. The summed E-state index contributed by atoms with van der Waals surface area (Å²) in [7, 11) is 1.79. The number of ether oxygens (including phenoxy) is 1. The van der Waals surface area contributed by atoms with Crippen LogP contribution in [0.3, 0.4) is 0 Å². The molecule has 0 amide bonds. The number of rotatable bonds is 1. The average Bonchev–Trinajstić information content (AvgIpc) is 2.55. The van der Waals surface area contributed by atoms with E-state index in [0.29, 0.717) is 0 Å². The molecular formula is C13H16O. The molecule has 0 radical (unpaired) electrons. The van der Waals surface area contributed by atoms with Gasteiger partial charge in [-0.25, -0.2) is 0 Å². The van der Waals surface area contributed by atoms with Crippen molar-refractivity contribution in [1.29, 1.82) is 0 Å². The second-order valence-electron chi connectivity index (χ2n) is 4.00. The molecule has 1 unspecified atom stereocenters. The van der Waals surface area contributed by atoms with Gasteiger partial charge in [0.05, 0.1) is 6.10 Å². The Bertz CT molecular complexity index is 373. The molecule has 1 atom stereocenters. The van der Waals surface area contributed by atoms with Gasteiger partial charge in [-0.1, -0.05) is 29.8 Å². The third kappa shape index (κ3) is 1.38. The van der Waals surface area contributed by atoms with E-state index < -0.39 is 0 Å². The van der Waals surface area contributed by atoms with Crippen molar-refractivity contribution in [3.8, 4) is 0 Å². The summed E-state index contributed by atoms with van der Waals surface area (Å²) in [6.07, 6.45) is 1.28. The van der Waals surface area contributed by atoms with Gasteiger partial charge in [-0.15, -0.1) is 0 Å². The number of benzene rings is 1. The van der Waals surface area contributed by atoms with Crippen molar-refractivity contribution in [2.24, 2.45) is 0 Å². The first kappa shape index (κ1) is 9.47. The van der Waals surface area contributed by atoms with Crippen LogP contribution in [-0.4, -0.2) is 13.2 Å². The van der Waals surface area contributed by atoms with Crippen LogP contribution in [0, 0.1) is 0 Å². The molecule has 1 aliphatic rings. The van der Waals surface area contributed by atoms with Gasteiger partial charge in [-0.2, -0.15) is 0 Å². The van der Waals surface area contributed by atoms with E-state index in [0.717, 1.165) is 6.42 Å². The minimum absolute atomic E-state index is 0.261. The van der Waals surface area contributed by atoms with Crippen molar-refractivity contribution in [2.75, 3.05) is 7.11 Å². The van der Waals surface area contributed by atoms with Gasteiger partial charge >= 0.3 is 0 Å². The van der Waals surface area contributed by atoms with Crippen molar-refractivity contribution in [3.05, 3.63) is 41.0 Å². The molecule has 14 heavy (non-hydrogen) atoms. The van der Waals surface area contributed by atoms with Crippen LogP contribution in [0.1, 0.15) is 25.0 Å². The summed E-state index contributed by atoms with van der Waals surface area (Å²) in [4.78, 5) is 0. The highest BCUT2D eigenvalue weighted by Gasteiger charge is 2.26. The van der Waals surface area contributed by atoms with Crippen LogP contribution < -0.4 is 0 Å². The lowest BCUT2D eigenvalue weighted by Gasteiger charge is -2.12. The van der Waals surface area contributed by atoms with Gasteiger partial charge in [0.1, 0.15) is 0 Å². The van der Waals surface area contributed by atoms with E-state index in [1.54, 1.807) is 7.11 Å². The Labute approximate surface area is 85.4 Å². The quantitative estimate of drug-likeness (QED) is 0.658. The molecule has 1 aliphatic carbocycles. The first-order valence-corrected chi connectivity index (χ1v) is 5.02.